The predicted molar refractivity (Wildman–Crippen MR) is 89.3 cm³/mol. The number of hydrogen-bond acceptors (Lipinski definition) is 3. The molecule has 3 nitrogen and oxygen atoms in total. The Hall–Kier alpha value is -1.22. The molecule has 0 fully saturated rings. The largest absolute Gasteiger partial charge is 0.490 e. The van der Waals surface area contributed by atoms with E-state index in [2.05, 4.69) is 26.1 Å². The molecule has 0 aromatic heterocycles. The van der Waals surface area contributed by atoms with Gasteiger partial charge in [0, 0.05) is 6.04 Å². The Balaban J connectivity index is 2.20. The molecule has 0 saturated carbocycles. The Morgan fingerprint density at radius 2 is 1.62 bits per heavy atom. The van der Waals surface area contributed by atoms with Crippen molar-refractivity contribution in [2.45, 2.75) is 58.9 Å². The molecule has 1 aromatic rings. The molecule has 0 spiro atoms. The van der Waals surface area contributed by atoms with Crippen LogP contribution in [0, 0.1) is 0 Å². The van der Waals surface area contributed by atoms with Gasteiger partial charge in [0.2, 0.25) is 0 Å². The average Bonchev–Trinajstić information content (AvgIpc) is 2.51. The molecule has 1 N–H and O–H groups in total. The van der Waals surface area contributed by atoms with Crippen molar-refractivity contribution in [2.24, 2.45) is 0 Å². The summed E-state index contributed by atoms with van der Waals surface area (Å²) in [5.41, 5.74) is 0. The van der Waals surface area contributed by atoms with Gasteiger partial charge < -0.3 is 14.8 Å². The number of rotatable bonds is 12. The summed E-state index contributed by atoms with van der Waals surface area (Å²) in [5.74, 6) is 1.72. The normalized spacial score (nSPS) is 12.1. The van der Waals surface area contributed by atoms with Crippen LogP contribution in [0.4, 0.5) is 0 Å². The van der Waals surface area contributed by atoms with E-state index in [9.17, 15) is 0 Å². The molecule has 0 heterocycles. The lowest BCUT2D eigenvalue weighted by Crippen LogP contribution is -2.26. The SMILES string of the molecule is CCCNC(C)CCCCOc1ccccc1OCCC. The van der Waals surface area contributed by atoms with Gasteiger partial charge in [-0.15, -0.1) is 0 Å². The maximum Gasteiger partial charge on any atom is 0.161 e. The first-order chi connectivity index (χ1) is 10.3. The second-order valence-electron chi connectivity index (χ2n) is 5.49. The molecule has 21 heavy (non-hydrogen) atoms. The maximum absolute atomic E-state index is 5.85. The quantitative estimate of drug-likeness (QED) is 0.579. The molecule has 0 aliphatic carbocycles. The molecular weight excluding hydrogens is 262 g/mol. The highest BCUT2D eigenvalue weighted by Gasteiger charge is 2.04. The summed E-state index contributed by atoms with van der Waals surface area (Å²) in [7, 11) is 0. The molecule has 1 unspecified atom stereocenters. The lowest BCUT2D eigenvalue weighted by molar-refractivity contribution is 0.262. The summed E-state index contributed by atoms with van der Waals surface area (Å²) >= 11 is 0. The number of benzene rings is 1. The highest BCUT2D eigenvalue weighted by Crippen LogP contribution is 2.26. The van der Waals surface area contributed by atoms with Crippen molar-refractivity contribution in [3.05, 3.63) is 24.3 Å². The van der Waals surface area contributed by atoms with Gasteiger partial charge >= 0.3 is 0 Å². The molecule has 0 saturated heterocycles. The third-order valence-electron chi connectivity index (χ3n) is 3.34. The fourth-order valence-electron chi connectivity index (χ4n) is 2.13. The maximum atomic E-state index is 5.85. The molecule has 0 aliphatic heterocycles. The summed E-state index contributed by atoms with van der Waals surface area (Å²) in [4.78, 5) is 0. The van der Waals surface area contributed by atoms with Crippen molar-refractivity contribution in [2.75, 3.05) is 19.8 Å². The van der Waals surface area contributed by atoms with E-state index in [4.69, 9.17) is 9.47 Å². The van der Waals surface area contributed by atoms with Crippen LogP contribution in [0.3, 0.4) is 0 Å². The van der Waals surface area contributed by atoms with Crippen LogP contribution in [0.5, 0.6) is 11.5 Å². The van der Waals surface area contributed by atoms with Crippen LogP contribution in [0.25, 0.3) is 0 Å². The van der Waals surface area contributed by atoms with Crippen LogP contribution in [-0.4, -0.2) is 25.8 Å². The van der Waals surface area contributed by atoms with Crippen molar-refractivity contribution in [1.29, 1.82) is 0 Å². The molecule has 0 radical (unpaired) electrons. The predicted octanol–water partition coefficient (Wildman–Crippen LogP) is 4.41. The van der Waals surface area contributed by atoms with Crippen molar-refractivity contribution >= 4 is 0 Å². The summed E-state index contributed by atoms with van der Waals surface area (Å²) in [6, 6.07) is 8.53. The first-order valence-electron chi connectivity index (χ1n) is 8.35. The average molecular weight is 293 g/mol. The van der Waals surface area contributed by atoms with Crippen LogP contribution in [-0.2, 0) is 0 Å². The van der Waals surface area contributed by atoms with E-state index in [0.717, 1.165) is 44.1 Å². The van der Waals surface area contributed by atoms with Crippen LogP contribution < -0.4 is 14.8 Å². The topological polar surface area (TPSA) is 30.5 Å². The highest BCUT2D eigenvalue weighted by atomic mass is 16.5. The standard InChI is InChI=1S/C18H31NO2/c1-4-13-19-16(3)10-8-9-15-21-18-12-7-6-11-17(18)20-14-5-2/h6-7,11-12,16,19H,4-5,8-10,13-15H2,1-3H3. The first-order valence-corrected chi connectivity index (χ1v) is 8.35. The molecule has 0 bridgehead atoms. The van der Waals surface area contributed by atoms with Gasteiger partial charge in [-0.05, 0) is 57.7 Å². The fraction of sp³-hybridized carbons (Fsp3) is 0.667. The van der Waals surface area contributed by atoms with Crippen molar-refractivity contribution in [3.63, 3.8) is 0 Å². The molecule has 1 atom stereocenters. The third-order valence-corrected chi connectivity index (χ3v) is 3.34. The molecule has 1 rings (SSSR count). The smallest absolute Gasteiger partial charge is 0.161 e. The van der Waals surface area contributed by atoms with Gasteiger partial charge in [0.25, 0.3) is 0 Å². The molecule has 0 amide bonds. The van der Waals surface area contributed by atoms with E-state index in [1.165, 1.54) is 19.3 Å². The van der Waals surface area contributed by atoms with E-state index < -0.39 is 0 Å². The minimum Gasteiger partial charge on any atom is -0.490 e. The molecule has 1 aromatic carbocycles. The Bertz CT molecular complexity index is 368. The van der Waals surface area contributed by atoms with Crippen LogP contribution in [0.2, 0.25) is 0 Å². The van der Waals surface area contributed by atoms with E-state index in [-0.39, 0.29) is 0 Å². The van der Waals surface area contributed by atoms with Gasteiger partial charge in [-0.1, -0.05) is 26.0 Å². The Morgan fingerprint density at radius 1 is 0.952 bits per heavy atom. The molecule has 120 valence electrons. The van der Waals surface area contributed by atoms with Crippen molar-refractivity contribution in [3.8, 4) is 11.5 Å². The lowest BCUT2D eigenvalue weighted by atomic mass is 10.1. The zero-order valence-electron chi connectivity index (χ0n) is 13.9. The zero-order valence-corrected chi connectivity index (χ0v) is 13.9. The van der Waals surface area contributed by atoms with Crippen molar-refractivity contribution in [1.82, 2.24) is 5.32 Å². The summed E-state index contributed by atoms with van der Waals surface area (Å²) in [6.45, 7) is 9.17. The van der Waals surface area contributed by atoms with E-state index in [1.807, 2.05) is 24.3 Å². The van der Waals surface area contributed by atoms with Gasteiger partial charge in [0.15, 0.2) is 11.5 Å². The van der Waals surface area contributed by atoms with Crippen LogP contribution in [0.1, 0.15) is 52.9 Å². The van der Waals surface area contributed by atoms with Crippen molar-refractivity contribution < 1.29 is 9.47 Å². The summed E-state index contributed by atoms with van der Waals surface area (Å²) in [6.07, 6.45) is 5.69. The molecule has 3 heteroatoms. The minimum absolute atomic E-state index is 0.602. The number of ether oxygens (including phenoxy) is 2. The Labute approximate surface area is 130 Å². The highest BCUT2D eigenvalue weighted by molar-refractivity contribution is 5.39. The number of nitrogens with one attached hydrogen (secondary N) is 1. The summed E-state index contributed by atoms with van der Waals surface area (Å²) < 4.78 is 11.5. The number of unbranched alkanes of at least 4 members (excludes halogenated alkanes) is 1. The number of para-hydroxylation sites is 2. The fourth-order valence-corrected chi connectivity index (χ4v) is 2.13. The van der Waals surface area contributed by atoms with Gasteiger partial charge in [-0.2, -0.15) is 0 Å². The lowest BCUT2D eigenvalue weighted by Gasteiger charge is -2.14. The van der Waals surface area contributed by atoms with Gasteiger partial charge in [0.05, 0.1) is 13.2 Å². The zero-order chi connectivity index (χ0) is 15.3. The third kappa shape index (κ3) is 7.96. The van der Waals surface area contributed by atoms with E-state index in [0.29, 0.717) is 6.04 Å². The Kier molecular flexibility index (Phi) is 9.71. The van der Waals surface area contributed by atoms with E-state index in [1.54, 1.807) is 0 Å². The van der Waals surface area contributed by atoms with Crippen LogP contribution in [0.15, 0.2) is 24.3 Å². The Morgan fingerprint density at radius 3 is 2.24 bits per heavy atom. The number of hydrogen-bond donors (Lipinski definition) is 1. The second-order valence-corrected chi connectivity index (χ2v) is 5.49. The first kappa shape index (κ1) is 17.8. The second kappa shape index (κ2) is 11.4. The van der Waals surface area contributed by atoms with E-state index >= 15 is 0 Å². The summed E-state index contributed by atoms with van der Waals surface area (Å²) in [5, 5.41) is 3.51. The van der Waals surface area contributed by atoms with Gasteiger partial charge in [-0.3, -0.25) is 0 Å². The minimum atomic E-state index is 0.602. The molecule has 0 aliphatic rings. The van der Waals surface area contributed by atoms with Gasteiger partial charge in [0.1, 0.15) is 0 Å². The molecular formula is C18H31NO2. The monoisotopic (exact) mass is 293 g/mol. The van der Waals surface area contributed by atoms with Gasteiger partial charge in [-0.25, -0.2) is 0 Å². The van der Waals surface area contributed by atoms with Crippen LogP contribution >= 0.6 is 0 Å².